The lowest BCUT2D eigenvalue weighted by Gasteiger charge is -2.32. The molecule has 158 valence electrons. The first-order valence-electron chi connectivity index (χ1n) is 8.95. The topological polar surface area (TPSA) is 75.2 Å². The average molecular weight is 512 g/mol. The fourth-order valence-electron chi connectivity index (χ4n) is 2.85. The Morgan fingerprint density at radius 2 is 2.00 bits per heavy atom. The molecule has 1 heterocycles. The third-order valence-corrected chi connectivity index (χ3v) is 4.22. The third-order valence-electron chi connectivity index (χ3n) is 4.22. The lowest BCUT2D eigenvalue weighted by atomic mass is 10.1. The van der Waals surface area contributed by atoms with E-state index in [1.165, 1.54) is 6.07 Å². The first-order chi connectivity index (χ1) is 13.0. The normalized spacial score (nSPS) is 15.0. The average Bonchev–Trinajstić information content (AvgIpc) is 2.66. The van der Waals surface area contributed by atoms with Crippen LogP contribution < -0.4 is 15.4 Å². The van der Waals surface area contributed by atoms with Gasteiger partial charge in [-0.25, -0.2) is 4.79 Å². The zero-order chi connectivity index (χ0) is 19.6. The van der Waals surface area contributed by atoms with Crippen LogP contribution in [0.5, 0.6) is 5.75 Å². The second kappa shape index (κ2) is 12.6. The number of nitrogens with zero attached hydrogens (tertiary/aromatic N) is 2. The molecule has 0 atom stereocenters. The molecule has 1 aromatic carbocycles. The summed E-state index contributed by atoms with van der Waals surface area (Å²) in [6.07, 6.45) is 1.25. The molecule has 0 unspecified atom stereocenters. The number of rotatable bonds is 6. The summed E-state index contributed by atoms with van der Waals surface area (Å²) in [6.45, 7) is 0.797. The van der Waals surface area contributed by atoms with Gasteiger partial charge in [0.25, 0.3) is 0 Å². The molecule has 0 aliphatic carbocycles. The van der Waals surface area contributed by atoms with Crippen molar-refractivity contribution in [3.8, 4) is 5.75 Å². The number of guanidine groups is 1. The van der Waals surface area contributed by atoms with Gasteiger partial charge < -0.3 is 25.0 Å². The fourth-order valence-corrected chi connectivity index (χ4v) is 2.85. The van der Waals surface area contributed by atoms with Gasteiger partial charge in [-0.15, -0.1) is 24.0 Å². The zero-order valence-electron chi connectivity index (χ0n) is 16.0. The monoisotopic (exact) mass is 512 g/mol. The van der Waals surface area contributed by atoms with Gasteiger partial charge in [-0.3, -0.25) is 4.99 Å². The number of amides is 1. The number of hydrogen-bond donors (Lipinski definition) is 2. The minimum absolute atomic E-state index is 0. The van der Waals surface area contributed by atoms with Crippen LogP contribution in [-0.4, -0.2) is 56.4 Å². The number of alkyl halides is 2. The zero-order valence-corrected chi connectivity index (χ0v) is 18.3. The molecule has 7 nitrogen and oxygen atoms in total. The Bertz CT molecular complexity index is 641. The molecule has 0 saturated carbocycles. The van der Waals surface area contributed by atoms with Crippen molar-refractivity contribution in [1.29, 1.82) is 0 Å². The molecule has 10 heteroatoms. The van der Waals surface area contributed by atoms with Crippen molar-refractivity contribution >= 4 is 36.0 Å². The maximum Gasteiger partial charge on any atom is 0.409 e. The SMILES string of the molecule is CCOC(=O)N1CCC(NC(=NC)NCc2ccccc2OC(F)F)CC1.I. The number of nitrogens with one attached hydrogen (secondary N) is 2. The van der Waals surface area contributed by atoms with Crippen LogP contribution >= 0.6 is 24.0 Å². The molecule has 1 aliphatic rings. The maximum absolute atomic E-state index is 12.5. The summed E-state index contributed by atoms with van der Waals surface area (Å²) in [5.41, 5.74) is 0.609. The molecule has 1 saturated heterocycles. The first kappa shape index (κ1) is 24.2. The third kappa shape index (κ3) is 7.64. The van der Waals surface area contributed by atoms with Crippen LogP contribution in [0.4, 0.5) is 13.6 Å². The van der Waals surface area contributed by atoms with Crippen molar-refractivity contribution in [3.63, 3.8) is 0 Å². The van der Waals surface area contributed by atoms with E-state index in [1.54, 1.807) is 37.1 Å². The largest absolute Gasteiger partial charge is 0.450 e. The highest BCUT2D eigenvalue weighted by Gasteiger charge is 2.24. The number of ether oxygens (including phenoxy) is 2. The molecular weight excluding hydrogens is 485 g/mol. The van der Waals surface area contributed by atoms with Crippen molar-refractivity contribution in [2.75, 3.05) is 26.7 Å². The van der Waals surface area contributed by atoms with Gasteiger partial charge in [0, 0.05) is 38.3 Å². The van der Waals surface area contributed by atoms with Crippen LogP contribution in [-0.2, 0) is 11.3 Å². The smallest absolute Gasteiger partial charge is 0.409 e. The lowest BCUT2D eigenvalue weighted by molar-refractivity contribution is -0.0504. The highest BCUT2D eigenvalue weighted by molar-refractivity contribution is 14.0. The van der Waals surface area contributed by atoms with Crippen LogP contribution in [0.2, 0.25) is 0 Å². The maximum atomic E-state index is 12.5. The van der Waals surface area contributed by atoms with Gasteiger partial charge in [-0.05, 0) is 25.8 Å². The van der Waals surface area contributed by atoms with Crippen molar-refractivity contribution in [1.82, 2.24) is 15.5 Å². The van der Waals surface area contributed by atoms with E-state index in [-0.39, 0.29) is 41.9 Å². The van der Waals surface area contributed by atoms with Gasteiger partial charge in [0.05, 0.1) is 6.61 Å². The Morgan fingerprint density at radius 3 is 2.61 bits per heavy atom. The van der Waals surface area contributed by atoms with Crippen LogP contribution in [0.15, 0.2) is 29.3 Å². The molecule has 0 radical (unpaired) electrons. The number of piperidine rings is 1. The molecular formula is C18H27F2IN4O3. The van der Waals surface area contributed by atoms with Crippen molar-refractivity contribution in [3.05, 3.63) is 29.8 Å². The first-order valence-corrected chi connectivity index (χ1v) is 8.95. The number of aliphatic imine (C=N–C) groups is 1. The minimum atomic E-state index is -2.87. The standard InChI is InChI=1S/C18H26F2N4O3.HI/c1-3-26-18(25)24-10-8-14(9-11-24)23-17(21-2)22-12-13-6-4-5-7-15(13)27-16(19)20;/h4-7,14,16H,3,8-12H2,1-2H3,(H2,21,22,23);1H. The highest BCUT2D eigenvalue weighted by Crippen LogP contribution is 2.20. The van der Waals surface area contributed by atoms with E-state index in [0.29, 0.717) is 37.8 Å². The number of hydrogen-bond acceptors (Lipinski definition) is 4. The number of halogens is 3. The fraction of sp³-hybridized carbons (Fsp3) is 0.556. The van der Waals surface area contributed by atoms with Crippen LogP contribution in [0.25, 0.3) is 0 Å². The quantitative estimate of drug-likeness (QED) is 0.348. The van der Waals surface area contributed by atoms with Gasteiger partial charge in [0.2, 0.25) is 0 Å². The van der Waals surface area contributed by atoms with E-state index < -0.39 is 6.61 Å². The van der Waals surface area contributed by atoms with Crippen molar-refractivity contribution in [2.24, 2.45) is 4.99 Å². The van der Waals surface area contributed by atoms with Crippen molar-refractivity contribution in [2.45, 2.75) is 39.0 Å². The molecule has 28 heavy (non-hydrogen) atoms. The summed E-state index contributed by atoms with van der Waals surface area (Å²) in [5.74, 6) is 0.703. The van der Waals surface area contributed by atoms with Gasteiger partial charge in [0.15, 0.2) is 5.96 Å². The van der Waals surface area contributed by atoms with E-state index in [0.717, 1.165) is 12.8 Å². The van der Waals surface area contributed by atoms with Gasteiger partial charge >= 0.3 is 12.7 Å². The van der Waals surface area contributed by atoms with E-state index in [2.05, 4.69) is 20.4 Å². The summed E-state index contributed by atoms with van der Waals surface area (Å²) in [7, 11) is 1.64. The van der Waals surface area contributed by atoms with E-state index >= 15 is 0 Å². The van der Waals surface area contributed by atoms with E-state index in [4.69, 9.17) is 4.74 Å². The second-order valence-electron chi connectivity index (χ2n) is 6.02. The number of benzene rings is 1. The molecule has 2 rings (SSSR count). The van der Waals surface area contributed by atoms with Crippen LogP contribution in [0.3, 0.4) is 0 Å². The summed E-state index contributed by atoms with van der Waals surface area (Å²) >= 11 is 0. The van der Waals surface area contributed by atoms with Crippen molar-refractivity contribution < 1.29 is 23.0 Å². The predicted molar refractivity (Wildman–Crippen MR) is 113 cm³/mol. The number of carbonyl (C=O) groups is 1. The Hall–Kier alpha value is -1.85. The minimum Gasteiger partial charge on any atom is -0.450 e. The Labute approximate surface area is 180 Å². The Balaban J connectivity index is 0.00000392. The molecule has 1 aromatic rings. The number of para-hydroxylation sites is 1. The van der Waals surface area contributed by atoms with Crippen LogP contribution in [0, 0.1) is 0 Å². The van der Waals surface area contributed by atoms with Gasteiger partial charge in [-0.2, -0.15) is 8.78 Å². The summed E-state index contributed by atoms with van der Waals surface area (Å²) in [6, 6.07) is 6.79. The second-order valence-corrected chi connectivity index (χ2v) is 6.02. The molecule has 1 aliphatic heterocycles. The van der Waals surface area contributed by atoms with E-state index in [1.807, 2.05) is 0 Å². The van der Waals surface area contributed by atoms with Gasteiger partial charge in [0.1, 0.15) is 5.75 Å². The summed E-state index contributed by atoms with van der Waals surface area (Å²) < 4.78 is 34.5. The van der Waals surface area contributed by atoms with Crippen LogP contribution in [0.1, 0.15) is 25.3 Å². The summed E-state index contributed by atoms with van der Waals surface area (Å²) in [5, 5.41) is 6.41. The highest BCUT2D eigenvalue weighted by atomic mass is 127. The Morgan fingerprint density at radius 1 is 1.32 bits per heavy atom. The lowest BCUT2D eigenvalue weighted by Crippen LogP contribution is -2.49. The van der Waals surface area contributed by atoms with E-state index in [9.17, 15) is 13.6 Å². The molecule has 0 aromatic heterocycles. The number of carbonyl (C=O) groups excluding carboxylic acids is 1. The molecule has 0 spiro atoms. The molecule has 0 bridgehead atoms. The predicted octanol–water partition coefficient (Wildman–Crippen LogP) is 3.19. The molecule has 2 N–H and O–H groups in total. The molecule has 1 fully saturated rings. The van der Waals surface area contributed by atoms with Gasteiger partial charge in [-0.1, -0.05) is 18.2 Å². The molecule has 1 amide bonds. The number of likely N-dealkylation sites (tertiary alicyclic amines) is 1. The summed E-state index contributed by atoms with van der Waals surface area (Å²) in [4.78, 5) is 17.6. The Kier molecular flexibility index (Phi) is 10.9.